The molecule has 0 radical (unpaired) electrons. The van der Waals surface area contributed by atoms with Gasteiger partial charge in [-0.1, -0.05) is 54.1 Å². The molecule has 0 aliphatic rings. The van der Waals surface area contributed by atoms with Crippen molar-refractivity contribution < 1.29 is 9.59 Å². The lowest BCUT2D eigenvalue weighted by Crippen LogP contribution is -2.47. The van der Waals surface area contributed by atoms with Gasteiger partial charge in [-0.05, 0) is 37.1 Å². The van der Waals surface area contributed by atoms with Crippen LogP contribution in [0.25, 0.3) is 0 Å². The van der Waals surface area contributed by atoms with E-state index < -0.39 is 6.04 Å². The summed E-state index contributed by atoms with van der Waals surface area (Å²) in [4.78, 5) is 26.9. The third kappa shape index (κ3) is 7.21. The van der Waals surface area contributed by atoms with Crippen molar-refractivity contribution in [3.05, 3.63) is 70.7 Å². The van der Waals surface area contributed by atoms with E-state index in [0.29, 0.717) is 30.3 Å². The van der Waals surface area contributed by atoms with Gasteiger partial charge < -0.3 is 10.2 Å². The molecule has 28 heavy (non-hydrogen) atoms. The van der Waals surface area contributed by atoms with Crippen molar-refractivity contribution in [2.45, 2.75) is 38.6 Å². The molecule has 2 aromatic rings. The van der Waals surface area contributed by atoms with Crippen LogP contribution < -0.4 is 5.32 Å². The number of halogens is 1. The molecule has 4 nitrogen and oxygen atoms in total. The zero-order valence-electron chi connectivity index (χ0n) is 16.4. The Morgan fingerprint density at radius 3 is 2.50 bits per heavy atom. The van der Waals surface area contributed by atoms with Crippen LogP contribution in [0.2, 0.25) is 5.02 Å². The van der Waals surface area contributed by atoms with E-state index in [1.165, 1.54) is 5.56 Å². The monoisotopic (exact) mass is 418 g/mol. The molecule has 0 aliphatic heterocycles. The fraction of sp³-hybridized carbons (Fsp3) is 0.364. The molecule has 1 N–H and O–H groups in total. The largest absolute Gasteiger partial charge is 0.355 e. The van der Waals surface area contributed by atoms with Gasteiger partial charge in [-0.25, -0.2) is 0 Å². The van der Waals surface area contributed by atoms with Gasteiger partial charge in [-0.3, -0.25) is 9.59 Å². The highest BCUT2D eigenvalue weighted by Gasteiger charge is 2.25. The average Bonchev–Trinajstić information content (AvgIpc) is 2.70. The summed E-state index contributed by atoms with van der Waals surface area (Å²) in [5.74, 6) is 1.41. The van der Waals surface area contributed by atoms with Crippen LogP contribution in [-0.4, -0.2) is 35.1 Å². The molecule has 2 aromatic carbocycles. The van der Waals surface area contributed by atoms with Crippen LogP contribution in [0.4, 0.5) is 0 Å². The van der Waals surface area contributed by atoms with Crippen molar-refractivity contribution in [1.29, 1.82) is 0 Å². The van der Waals surface area contributed by atoms with Crippen molar-refractivity contribution in [1.82, 2.24) is 10.2 Å². The molecule has 0 bridgehead atoms. The summed E-state index contributed by atoms with van der Waals surface area (Å²) in [7, 11) is 0. The summed E-state index contributed by atoms with van der Waals surface area (Å²) in [5, 5.41) is 3.42. The molecule has 2 rings (SSSR count). The first-order valence-electron chi connectivity index (χ1n) is 9.44. The van der Waals surface area contributed by atoms with Gasteiger partial charge in [0.25, 0.3) is 0 Å². The van der Waals surface area contributed by atoms with Crippen LogP contribution >= 0.6 is 23.4 Å². The smallest absolute Gasteiger partial charge is 0.242 e. The summed E-state index contributed by atoms with van der Waals surface area (Å²) < 4.78 is 0. The van der Waals surface area contributed by atoms with Gasteiger partial charge >= 0.3 is 0 Å². The van der Waals surface area contributed by atoms with Crippen molar-refractivity contribution in [3.8, 4) is 0 Å². The van der Waals surface area contributed by atoms with Crippen molar-refractivity contribution >= 4 is 35.2 Å². The van der Waals surface area contributed by atoms with E-state index in [-0.39, 0.29) is 11.8 Å². The molecule has 2 amide bonds. The number of rotatable bonds is 10. The molecule has 0 fully saturated rings. The Bertz CT molecular complexity index is 770. The zero-order valence-corrected chi connectivity index (χ0v) is 17.9. The van der Waals surface area contributed by atoms with Crippen LogP contribution in [-0.2, 0) is 21.9 Å². The van der Waals surface area contributed by atoms with Crippen LogP contribution in [0.15, 0.2) is 54.6 Å². The average molecular weight is 419 g/mol. The normalized spacial score (nSPS) is 11.7. The molecule has 0 heterocycles. The van der Waals surface area contributed by atoms with Crippen molar-refractivity contribution in [3.63, 3.8) is 0 Å². The first kappa shape index (κ1) is 22.3. The second kappa shape index (κ2) is 11.8. The maximum Gasteiger partial charge on any atom is 0.242 e. The summed E-state index contributed by atoms with van der Waals surface area (Å²) in [6.07, 6.45) is 0.391. The molecule has 0 saturated heterocycles. The number of benzene rings is 2. The highest BCUT2D eigenvalue weighted by Crippen LogP contribution is 2.17. The molecule has 0 spiro atoms. The minimum Gasteiger partial charge on any atom is -0.355 e. The second-order valence-electron chi connectivity index (χ2n) is 6.51. The lowest BCUT2D eigenvalue weighted by Gasteiger charge is -2.28. The van der Waals surface area contributed by atoms with E-state index in [0.717, 1.165) is 11.3 Å². The van der Waals surface area contributed by atoms with E-state index in [9.17, 15) is 9.59 Å². The summed E-state index contributed by atoms with van der Waals surface area (Å²) in [5.41, 5.74) is 2.15. The molecule has 0 unspecified atom stereocenters. The second-order valence-corrected chi connectivity index (χ2v) is 8.05. The van der Waals surface area contributed by atoms with Gasteiger partial charge in [0.05, 0.1) is 0 Å². The number of amides is 2. The number of likely N-dealkylation sites (N-methyl/N-ethyl adjacent to an activating group) is 1. The van der Waals surface area contributed by atoms with E-state index in [1.807, 2.05) is 43.3 Å². The predicted octanol–water partition coefficient (Wildman–Crippen LogP) is 4.52. The van der Waals surface area contributed by atoms with E-state index in [1.54, 1.807) is 29.7 Å². The van der Waals surface area contributed by atoms with E-state index >= 15 is 0 Å². The van der Waals surface area contributed by atoms with Crippen LogP contribution in [0.1, 0.15) is 31.4 Å². The Labute approximate surface area is 176 Å². The van der Waals surface area contributed by atoms with E-state index in [4.69, 9.17) is 11.6 Å². The lowest BCUT2D eigenvalue weighted by molar-refractivity contribution is -0.140. The number of carbonyl (C=O) groups excluding carboxylic acids is 2. The number of nitrogens with zero attached hydrogens (tertiary/aromatic N) is 1. The molecule has 0 aromatic heterocycles. The highest BCUT2D eigenvalue weighted by molar-refractivity contribution is 7.98. The molecule has 0 saturated carbocycles. The minimum absolute atomic E-state index is 0.0284. The third-order valence-corrected chi connectivity index (χ3v) is 5.60. The van der Waals surface area contributed by atoms with Gasteiger partial charge in [0.1, 0.15) is 6.04 Å². The molecule has 0 aliphatic carbocycles. The first-order valence-corrected chi connectivity index (χ1v) is 11.0. The highest BCUT2D eigenvalue weighted by atomic mass is 35.5. The number of thioether (sulfide) groups is 1. The van der Waals surface area contributed by atoms with Crippen LogP contribution in [0.3, 0.4) is 0 Å². The number of carbonyl (C=O) groups is 2. The summed E-state index contributed by atoms with van der Waals surface area (Å²) in [6.45, 7) is 4.54. The third-order valence-electron chi connectivity index (χ3n) is 4.33. The molecular formula is C22H27ClN2O2S. The summed E-state index contributed by atoms with van der Waals surface area (Å²) in [6, 6.07) is 17.0. The fourth-order valence-electron chi connectivity index (χ4n) is 2.80. The van der Waals surface area contributed by atoms with Gasteiger partial charge in [0.15, 0.2) is 0 Å². The van der Waals surface area contributed by atoms with Crippen molar-refractivity contribution in [2.75, 3.05) is 12.3 Å². The van der Waals surface area contributed by atoms with Crippen LogP contribution in [0.5, 0.6) is 0 Å². The Balaban J connectivity index is 1.98. The molecular weight excluding hydrogens is 392 g/mol. The topological polar surface area (TPSA) is 49.4 Å². The SMILES string of the molecule is CCNC(=O)[C@@H](C)N(Cc1cccc(Cl)c1)C(=O)CCSCc1ccccc1. The molecule has 6 heteroatoms. The van der Waals surface area contributed by atoms with Gasteiger partial charge in [0.2, 0.25) is 11.8 Å². The Hall–Kier alpha value is -1.98. The molecule has 1 atom stereocenters. The van der Waals surface area contributed by atoms with Crippen LogP contribution in [0, 0.1) is 0 Å². The predicted molar refractivity (Wildman–Crippen MR) is 117 cm³/mol. The Morgan fingerprint density at radius 1 is 1.11 bits per heavy atom. The zero-order chi connectivity index (χ0) is 20.4. The summed E-state index contributed by atoms with van der Waals surface area (Å²) >= 11 is 7.80. The number of hydrogen-bond donors (Lipinski definition) is 1. The maximum atomic E-state index is 12.9. The number of hydrogen-bond acceptors (Lipinski definition) is 3. The van der Waals surface area contributed by atoms with Gasteiger partial charge in [-0.2, -0.15) is 11.8 Å². The van der Waals surface area contributed by atoms with Gasteiger partial charge in [-0.15, -0.1) is 0 Å². The number of nitrogens with one attached hydrogen (secondary N) is 1. The standard InChI is InChI=1S/C22H27ClN2O2S/c1-3-24-22(27)17(2)25(15-19-10-7-11-20(23)14-19)21(26)12-13-28-16-18-8-5-4-6-9-18/h4-11,14,17H,3,12-13,15-16H2,1-2H3,(H,24,27)/t17-/m1/s1. The maximum absolute atomic E-state index is 12.9. The minimum atomic E-state index is -0.537. The van der Waals surface area contributed by atoms with E-state index in [2.05, 4.69) is 17.4 Å². The fourth-order valence-corrected chi connectivity index (χ4v) is 3.91. The van der Waals surface area contributed by atoms with Crippen molar-refractivity contribution in [2.24, 2.45) is 0 Å². The molecule has 150 valence electrons. The lowest BCUT2D eigenvalue weighted by atomic mass is 10.1. The quantitative estimate of drug-likeness (QED) is 0.577. The first-order chi connectivity index (χ1) is 13.5. The Morgan fingerprint density at radius 2 is 1.82 bits per heavy atom. The Kier molecular flexibility index (Phi) is 9.38. The van der Waals surface area contributed by atoms with Gasteiger partial charge in [0, 0.05) is 36.0 Å².